The first-order valence-electron chi connectivity index (χ1n) is 18.7. The predicted molar refractivity (Wildman–Crippen MR) is 189 cm³/mol. The molecule has 0 aromatic rings. The van der Waals surface area contributed by atoms with Gasteiger partial charge >= 0.3 is 47.8 Å². The first-order chi connectivity index (χ1) is 25.2. The van der Waals surface area contributed by atoms with Gasteiger partial charge < -0.3 is 37.9 Å². The van der Waals surface area contributed by atoms with E-state index in [0.717, 1.165) is 12.8 Å². The van der Waals surface area contributed by atoms with E-state index in [0.29, 0.717) is 38.9 Å². The number of esters is 8. The van der Waals surface area contributed by atoms with Gasteiger partial charge in [0, 0.05) is 12.8 Å². The second kappa shape index (κ2) is 22.9. The SMILES string of the molecule is CCC(C)(C)C(=O)OC1CCOC1=O.CCC(C)(C)C(=O)OC1COC(=O)C1.CCC(C)C(=O)OC1CCOC1=O.CCC(C)C(=O)OC1COC(=O)C1. The summed E-state index contributed by atoms with van der Waals surface area (Å²) in [6.07, 6.45) is 2.12. The highest BCUT2D eigenvalue weighted by Crippen LogP contribution is 2.25. The summed E-state index contributed by atoms with van der Waals surface area (Å²) in [7, 11) is 0. The van der Waals surface area contributed by atoms with Crippen molar-refractivity contribution < 1.29 is 76.3 Å². The summed E-state index contributed by atoms with van der Waals surface area (Å²) in [5, 5.41) is 0. The molecule has 4 heterocycles. The molecule has 308 valence electrons. The monoisotopic (exact) mass is 772 g/mol. The quantitative estimate of drug-likeness (QED) is 0.199. The van der Waals surface area contributed by atoms with Crippen LogP contribution in [0.4, 0.5) is 0 Å². The molecule has 0 amide bonds. The number of rotatable bonds is 12. The highest BCUT2D eigenvalue weighted by Gasteiger charge is 2.36. The molecule has 0 aromatic carbocycles. The molecule has 16 nitrogen and oxygen atoms in total. The molecule has 0 spiro atoms. The van der Waals surface area contributed by atoms with Gasteiger partial charge in [-0.1, -0.05) is 41.5 Å². The van der Waals surface area contributed by atoms with Crippen molar-refractivity contribution in [2.75, 3.05) is 26.4 Å². The Morgan fingerprint density at radius 2 is 0.963 bits per heavy atom. The summed E-state index contributed by atoms with van der Waals surface area (Å²) in [6.45, 7) is 19.6. The van der Waals surface area contributed by atoms with Crippen molar-refractivity contribution in [1.82, 2.24) is 0 Å². The number of hydrogen-bond acceptors (Lipinski definition) is 16. The smallest absolute Gasteiger partial charge is 0.347 e. The van der Waals surface area contributed by atoms with Gasteiger partial charge in [0.2, 0.25) is 12.2 Å². The van der Waals surface area contributed by atoms with Gasteiger partial charge in [-0.15, -0.1) is 0 Å². The maximum atomic E-state index is 11.6. The Morgan fingerprint density at radius 3 is 1.30 bits per heavy atom. The van der Waals surface area contributed by atoms with E-state index in [1.807, 2.05) is 41.5 Å². The van der Waals surface area contributed by atoms with Gasteiger partial charge in [0.25, 0.3) is 0 Å². The third-order valence-electron chi connectivity index (χ3n) is 9.39. The average Bonchev–Trinajstić information content (AvgIpc) is 3.95. The number of carbonyl (C=O) groups is 8. The fourth-order valence-electron chi connectivity index (χ4n) is 4.06. The lowest BCUT2D eigenvalue weighted by molar-refractivity contribution is -0.167. The molecular weight excluding hydrogens is 712 g/mol. The van der Waals surface area contributed by atoms with Crippen LogP contribution < -0.4 is 0 Å². The minimum absolute atomic E-state index is 0.101. The molecule has 0 aromatic heterocycles. The fraction of sp³-hybridized carbons (Fsp3) is 0.789. The van der Waals surface area contributed by atoms with Gasteiger partial charge in [0.05, 0.1) is 48.7 Å². The molecule has 54 heavy (non-hydrogen) atoms. The van der Waals surface area contributed by atoms with Crippen LogP contribution in [-0.4, -0.2) is 98.6 Å². The Kier molecular flexibility index (Phi) is 20.2. The second-order valence-corrected chi connectivity index (χ2v) is 14.7. The third kappa shape index (κ3) is 16.4. The summed E-state index contributed by atoms with van der Waals surface area (Å²) < 4.78 is 39.0. The van der Waals surface area contributed by atoms with E-state index in [-0.39, 0.29) is 85.9 Å². The van der Waals surface area contributed by atoms with Crippen LogP contribution in [0.3, 0.4) is 0 Å². The maximum absolute atomic E-state index is 11.6. The van der Waals surface area contributed by atoms with Crippen molar-refractivity contribution >= 4 is 47.8 Å². The maximum Gasteiger partial charge on any atom is 0.347 e. The van der Waals surface area contributed by atoms with E-state index in [1.54, 1.807) is 27.7 Å². The van der Waals surface area contributed by atoms with Crippen molar-refractivity contribution in [3.8, 4) is 0 Å². The lowest BCUT2D eigenvalue weighted by Gasteiger charge is -2.22. The van der Waals surface area contributed by atoms with Gasteiger partial charge in [-0.2, -0.15) is 0 Å². The zero-order valence-corrected chi connectivity index (χ0v) is 33.5. The number of ether oxygens (including phenoxy) is 8. The Morgan fingerprint density at radius 1 is 0.593 bits per heavy atom. The van der Waals surface area contributed by atoms with Gasteiger partial charge in [-0.25, -0.2) is 9.59 Å². The molecule has 6 unspecified atom stereocenters. The summed E-state index contributed by atoms with van der Waals surface area (Å²) in [6, 6.07) is 0. The zero-order chi connectivity index (χ0) is 41.2. The highest BCUT2D eigenvalue weighted by atomic mass is 16.6. The lowest BCUT2D eigenvalue weighted by atomic mass is 9.90. The van der Waals surface area contributed by atoms with Crippen LogP contribution in [0.25, 0.3) is 0 Å². The molecule has 0 saturated carbocycles. The Labute approximate surface area is 317 Å². The van der Waals surface area contributed by atoms with Crippen LogP contribution in [0.1, 0.15) is 121 Å². The molecule has 16 heteroatoms. The number of carbonyl (C=O) groups excluding carboxylic acids is 8. The number of cyclic esters (lactones) is 4. The average molecular weight is 773 g/mol. The molecule has 0 aliphatic carbocycles. The summed E-state index contributed by atoms with van der Waals surface area (Å²) in [5.74, 6) is -2.82. The zero-order valence-electron chi connectivity index (χ0n) is 33.5. The molecule has 4 rings (SSSR count). The van der Waals surface area contributed by atoms with Crippen molar-refractivity contribution in [1.29, 1.82) is 0 Å². The van der Waals surface area contributed by atoms with E-state index in [4.69, 9.17) is 28.4 Å². The van der Waals surface area contributed by atoms with E-state index in [1.165, 1.54) is 0 Å². The van der Waals surface area contributed by atoms with Gasteiger partial charge in [-0.05, 0) is 53.4 Å². The van der Waals surface area contributed by atoms with Crippen molar-refractivity contribution in [3.05, 3.63) is 0 Å². The molecule has 4 aliphatic rings. The van der Waals surface area contributed by atoms with Crippen LogP contribution in [-0.2, 0) is 76.3 Å². The van der Waals surface area contributed by atoms with Crippen LogP contribution in [0, 0.1) is 22.7 Å². The summed E-state index contributed by atoms with van der Waals surface area (Å²) in [5.41, 5.74) is -1.01. The Bertz CT molecular complexity index is 1300. The van der Waals surface area contributed by atoms with Gasteiger partial charge in [0.15, 0.2) is 0 Å². The third-order valence-corrected chi connectivity index (χ3v) is 9.39. The first kappa shape index (κ1) is 47.8. The van der Waals surface area contributed by atoms with Crippen molar-refractivity contribution in [2.24, 2.45) is 22.7 Å². The largest absolute Gasteiger partial charge is 0.463 e. The molecule has 4 fully saturated rings. The molecule has 0 N–H and O–H groups in total. The predicted octanol–water partition coefficient (Wildman–Crippen LogP) is 4.35. The van der Waals surface area contributed by atoms with E-state index in [9.17, 15) is 38.4 Å². The minimum atomic E-state index is -0.687. The second-order valence-electron chi connectivity index (χ2n) is 14.7. The molecule has 0 radical (unpaired) electrons. The van der Waals surface area contributed by atoms with Crippen LogP contribution in [0.2, 0.25) is 0 Å². The molecule has 0 bridgehead atoms. The first-order valence-corrected chi connectivity index (χ1v) is 18.7. The lowest BCUT2D eigenvalue weighted by Crippen LogP contribution is -2.32. The Balaban J connectivity index is 0.000000360. The van der Waals surface area contributed by atoms with Crippen LogP contribution in [0.15, 0.2) is 0 Å². The van der Waals surface area contributed by atoms with E-state index < -0.39 is 35.0 Å². The number of hydrogen-bond donors (Lipinski definition) is 0. The standard InChI is InChI=1S/2C10H16O4.2C9H14O4/c1-4-10(2,3)9(12)14-7-5-8(11)13-6-7;1-4-10(2,3)9(12)14-7-5-6-13-8(7)11;1-3-6(2)9(11)13-7-4-8(10)12-5-7;1-3-6(2)8(10)13-7-4-5-12-9(7)11/h2*7H,4-6H2,1-3H3;2*6-7H,3-5H2,1-2H3. The normalized spacial score (nSPS) is 22.9. The highest BCUT2D eigenvalue weighted by molar-refractivity contribution is 5.83. The molecular formula is C38H60O16. The van der Waals surface area contributed by atoms with Crippen LogP contribution >= 0.6 is 0 Å². The fourth-order valence-corrected chi connectivity index (χ4v) is 4.06. The minimum Gasteiger partial charge on any atom is -0.463 e. The topological polar surface area (TPSA) is 210 Å². The van der Waals surface area contributed by atoms with Crippen molar-refractivity contribution in [2.45, 2.75) is 145 Å². The van der Waals surface area contributed by atoms with Gasteiger partial charge in [-0.3, -0.25) is 28.8 Å². The Hall–Kier alpha value is -4.24. The van der Waals surface area contributed by atoms with Gasteiger partial charge in [0.1, 0.15) is 25.4 Å². The van der Waals surface area contributed by atoms with Crippen molar-refractivity contribution in [3.63, 3.8) is 0 Å². The molecule has 4 saturated heterocycles. The summed E-state index contributed by atoms with van der Waals surface area (Å²) in [4.78, 5) is 89.0. The van der Waals surface area contributed by atoms with E-state index in [2.05, 4.69) is 9.47 Å². The molecule has 4 aliphatic heterocycles. The van der Waals surface area contributed by atoms with E-state index >= 15 is 0 Å². The molecule has 6 atom stereocenters. The van der Waals surface area contributed by atoms with Crippen LogP contribution in [0.5, 0.6) is 0 Å². The summed E-state index contributed by atoms with van der Waals surface area (Å²) >= 11 is 0.